The third kappa shape index (κ3) is 5.29. The fraction of sp³-hybridized carbons (Fsp3) is 0.375. The molecule has 1 aliphatic heterocycles. The highest BCUT2D eigenvalue weighted by atomic mass is 32.2. The number of hydrogen-bond acceptors (Lipinski definition) is 13. The van der Waals surface area contributed by atoms with Crippen LogP contribution in [0, 0.1) is 6.92 Å². The minimum absolute atomic E-state index is 0. The molecule has 1 atom stereocenters. The summed E-state index contributed by atoms with van der Waals surface area (Å²) in [5, 5.41) is 7.67. The largest absolute Gasteiger partial charge is 0.481 e. The van der Waals surface area contributed by atoms with E-state index in [1.54, 1.807) is 30.6 Å². The van der Waals surface area contributed by atoms with Crippen LogP contribution < -0.4 is 23.8 Å². The zero-order valence-electron chi connectivity index (χ0n) is 22.3. The first-order chi connectivity index (χ1) is 19.3. The summed E-state index contributed by atoms with van der Waals surface area (Å²) in [6.45, 7) is 2.75. The second-order valence-electron chi connectivity index (χ2n) is 8.91. The SMILES string of the molecule is COc1cccc(-c2nnc(NS(=O)(=O)[C@H]3CCCN(c4ncc(C)cn4)C3)n2-c2c(OC)ncnc2OC)n1.[HH]. The molecule has 5 heterocycles. The molecule has 0 bridgehead atoms. The number of hydrogen-bond donors (Lipinski definition) is 1. The molecule has 16 heteroatoms. The Morgan fingerprint density at radius 1 is 1.00 bits per heavy atom. The number of ether oxygens (including phenoxy) is 3. The smallest absolute Gasteiger partial charge is 0.245 e. The van der Waals surface area contributed by atoms with Gasteiger partial charge in [0.15, 0.2) is 11.5 Å². The maximum atomic E-state index is 13.7. The predicted octanol–water partition coefficient (Wildman–Crippen LogP) is 1.90. The van der Waals surface area contributed by atoms with Crippen molar-refractivity contribution in [3.63, 3.8) is 0 Å². The Bertz CT molecular complexity index is 1580. The van der Waals surface area contributed by atoms with Gasteiger partial charge in [0.25, 0.3) is 0 Å². The average molecular weight is 571 g/mol. The van der Waals surface area contributed by atoms with Gasteiger partial charge in [0.1, 0.15) is 12.0 Å². The van der Waals surface area contributed by atoms with Crippen molar-refractivity contribution in [1.82, 2.24) is 39.7 Å². The molecule has 0 radical (unpaired) electrons. The Kier molecular flexibility index (Phi) is 7.59. The number of rotatable bonds is 9. The van der Waals surface area contributed by atoms with Crippen molar-refractivity contribution in [3.8, 4) is 34.8 Å². The number of nitrogens with zero attached hydrogens (tertiary/aromatic N) is 9. The van der Waals surface area contributed by atoms with Crippen LogP contribution in [0.3, 0.4) is 0 Å². The number of aromatic nitrogens is 8. The van der Waals surface area contributed by atoms with Crippen molar-refractivity contribution in [3.05, 3.63) is 42.5 Å². The topological polar surface area (TPSA) is 172 Å². The Morgan fingerprint density at radius 2 is 1.73 bits per heavy atom. The fourth-order valence-electron chi connectivity index (χ4n) is 4.35. The summed E-state index contributed by atoms with van der Waals surface area (Å²) in [7, 11) is 0.360. The number of methoxy groups -OCH3 is 3. The van der Waals surface area contributed by atoms with Gasteiger partial charge in [-0.25, -0.2) is 27.9 Å². The van der Waals surface area contributed by atoms with E-state index in [4.69, 9.17) is 14.2 Å². The molecule has 1 fully saturated rings. The number of anilines is 2. The maximum Gasteiger partial charge on any atom is 0.245 e. The van der Waals surface area contributed by atoms with Gasteiger partial charge in [-0.3, -0.25) is 4.72 Å². The molecule has 0 amide bonds. The molecule has 4 aromatic heterocycles. The molecule has 15 nitrogen and oxygen atoms in total. The molecule has 1 N–H and O–H groups in total. The highest BCUT2D eigenvalue weighted by molar-refractivity contribution is 7.93. The number of pyridine rings is 1. The first-order valence-electron chi connectivity index (χ1n) is 12.3. The van der Waals surface area contributed by atoms with Crippen molar-refractivity contribution in [2.75, 3.05) is 44.0 Å². The summed E-state index contributed by atoms with van der Waals surface area (Å²) in [5.41, 5.74) is 1.46. The first-order valence-corrected chi connectivity index (χ1v) is 13.8. The van der Waals surface area contributed by atoms with E-state index in [0.717, 1.165) is 5.56 Å². The van der Waals surface area contributed by atoms with Crippen molar-refractivity contribution >= 4 is 21.9 Å². The van der Waals surface area contributed by atoms with Crippen LogP contribution in [-0.4, -0.2) is 87.8 Å². The van der Waals surface area contributed by atoms with Crippen LogP contribution in [-0.2, 0) is 10.0 Å². The van der Waals surface area contributed by atoms with Gasteiger partial charge in [-0.2, -0.15) is 9.97 Å². The van der Waals surface area contributed by atoms with Gasteiger partial charge < -0.3 is 19.1 Å². The molecule has 40 heavy (non-hydrogen) atoms. The highest BCUT2D eigenvalue weighted by Gasteiger charge is 2.34. The molecular formula is C24H30N10O5S. The standard InChI is InChI=1S/C24H28N10O5S.H2/c1-15-11-25-23(26-12-15)33-10-6-7-16(13-33)40(35,36)32-24-31-30-20(17-8-5-9-18(29-17)37-2)34(24)19-21(38-3)27-14-28-22(19)39-4;/h5,8-9,11-12,14,16H,6-7,10,13H2,1-4H3,(H,31,32);1H/t16-;/m0./s1. The lowest BCUT2D eigenvalue weighted by Gasteiger charge is -2.32. The van der Waals surface area contributed by atoms with Gasteiger partial charge in [-0.1, -0.05) is 6.07 Å². The van der Waals surface area contributed by atoms with E-state index in [9.17, 15) is 8.42 Å². The molecule has 0 spiro atoms. The summed E-state index contributed by atoms with van der Waals surface area (Å²) >= 11 is 0. The van der Waals surface area contributed by atoms with Gasteiger partial charge in [-0.15, -0.1) is 10.2 Å². The van der Waals surface area contributed by atoms with E-state index in [0.29, 0.717) is 36.9 Å². The van der Waals surface area contributed by atoms with Gasteiger partial charge in [-0.05, 0) is 31.4 Å². The van der Waals surface area contributed by atoms with E-state index in [-0.39, 0.29) is 37.2 Å². The highest BCUT2D eigenvalue weighted by Crippen LogP contribution is 2.35. The van der Waals surface area contributed by atoms with Crippen LogP contribution in [0.15, 0.2) is 36.9 Å². The lowest BCUT2D eigenvalue weighted by atomic mass is 10.1. The van der Waals surface area contributed by atoms with Crippen molar-refractivity contribution in [2.24, 2.45) is 0 Å². The number of piperidine rings is 1. The summed E-state index contributed by atoms with van der Waals surface area (Å²) in [4.78, 5) is 23.4. The molecule has 1 aliphatic rings. The number of nitrogens with one attached hydrogen (secondary N) is 1. The molecule has 212 valence electrons. The Balaban J connectivity index is 0.00000387. The zero-order chi connectivity index (χ0) is 28.3. The Hall–Kier alpha value is -4.60. The minimum atomic E-state index is -3.97. The fourth-order valence-corrected chi connectivity index (χ4v) is 5.76. The van der Waals surface area contributed by atoms with E-state index in [1.807, 2.05) is 11.8 Å². The van der Waals surface area contributed by atoms with Gasteiger partial charge in [0.05, 0.1) is 26.6 Å². The molecule has 0 aliphatic carbocycles. The van der Waals surface area contributed by atoms with Crippen LogP contribution in [0.1, 0.15) is 19.8 Å². The number of aryl methyl sites for hydroxylation is 1. The van der Waals surface area contributed by atoms with Crippen molar-refractivity contribution in [1.29, 1.82) is 0 Å². The molecule has 0 aromatic carbocycles. The monoisotopic (exact) mass is 570 g/mol. The first kappa shape index (κ1) is 27.0. The van der Waals surface area contributed by atoms with Crippen LogP contribution in [0.5, 0.6) is 17.6 Å². The quantitative estimate of drug-likeness (QED) is 0.309. The minimum Gasteiger partial charge on any atom is -0.481 e. The zero-order valence-corrected chi connectivity index (χ0v) is 23.2. The van der Waals surface area contributed by atoms with Crippen LogP contribution in [0.4, 0.5) is 11.9 Å². The summed E-state index contributed by atoms with van der Waals surface area (Å²) in [6.07, 6.45) is 5.76. The normalized spacial score (nSPS) is 15.5. The predicted molar refractivity (Wildman–Crippen MR) is 146 cm³/mol. The van der Waals surface area contributed by atoms with Gasteiger partial charge in [0.2, 0.25) is 39.6 Å². The van der Waals surface area contributed by atoms with Crippen molar-refractivity contribution < 1.29 is 24.1 Å². The van der Waals surface area contributed by atoms with Gasteiger partial charge >= 0.3 is 0 Å². The third-order valence-electron chi connectivity index (χ3n) is 6.29. The van der Waals surface area contributed by atoms with E-state index >= 15 is 0 Å². The lowest BCUT2D eigenvalue weighted by molar-refractivity contribution is 0.368. The van der Waals surface area contributed by atoms with Crippen LogP contribution >= 0.6 is 0 Å². The van der Waals surface area contributed by atoms with E-state index in [1.165, 1.54) is 32.2 Å². The second kappa shape index (κ2) is 11.3. The average Bonchev–Trinajstić information content (AvgIpc) is 3.39. The lowest BCUT2D eigenvalue weighted by Crippen LogP contribution is -2.45. The molecular weight excluding hydrogens is 540 g/mol. The molecule has 1 saturated heterocycles. The van der Waals surface area contributed by atoms with E-state index < -0.39 is 15.3 Å². The number of sulfonamides is 1. The molecule has 5 rings (SSSR count). The third-order valence-corrected chi connectivity index (χ3v) is 8.02. The Labute approximate surface area is 232 Å². The van der Waals surface area contributed by atoms with Crippen LogP contribution in [0.25, 0.3) is 17.2 Å². The van der Waals surface area contributed by atoms with E-state index in [2.05, 4.69) is 39.8 Å². The van der Waals surface area contributed by atoms with Crippen LogP contribution in [0.2, 0.25) is 0 Å². The molecule has 4 aromatic rings. The molecule has 0 unspecified atom stereocenters. The summed E-state index contributed by atoms with van der Waals surface area (Å²) in [5.74, 6) is 1.10. The maximum absolute atomic E-state index is 13.7. The summed E-state index contributed by atoms with van der Waals surface area (Å²) < 4.78 is 47.7. The van der Waals surface area contributed by atoms with Gasteiger partial charge in [0, 0.05) is 33.0 Å². The second-order valence-corrected chi connectivity index (χ2v) is 10.9. The molecule has 0 saturated carbocycles. The Morgan fingerprint density at radius 3 is 2.40 bits per heavy atom. The van der Waals surface area contributed by atoms with Crippen molar-refractivity contribution in [2.45, 2.75) is 25.0 Å². The summed E-state index contributed by atoms with van der Waals surface area (Å²) in [6, 6.07) is 5.08.